The van der Waals surface area contributed by atoms with Crippen LogP contribution in [0.25, 0.3) is 0 Å². The Morgan fingerprint density at radius 1 is 1.21 bits per heavy atom. The second-order valence-electron chi connectivity index (χ2n) is 5.41. The Hall–Kier alpha value is -2.17. The number of amides is 1. The van der Waals surface area contributed by atoms with E-state index >= 15 is 0 Å². The summed E-state index contributed by atoms with van der Waals surface area (Å²) >= 11 is 6.15. The molecule has 1 amide bonds. The lowest BCUT2D eigenvalue weighted by Gasteiger charge is -2.11. The number of esters is 1. The van der Waals surface area contributed by atoms with Gasteiger partial charge in [-0.3, -0.25) is 4.79 Å². The van der Waals surface area contributed by atoms with Crippen molar-refractivity contribution in [3.63, 3.8) is 0 Å². The summed E-state index contributed by atoms with van der Waals surface area (Å²) in [6, 6.07) is 9.44. The van der Waals surface area contributed by atoms with E-state index in [0.717, 1.165) is 12.3 Å². The van der Waals surface area contributed by atoms with Crippen molar-refractivity contribution < 1.29 is 31.5 Å². The van der Waals surface area contributed by atoms with Crippen molar-refractivity contribution in [2.24, 2.45) is 0 Å². The summed E-state index contributed by atoms with van der Waals surface area (Å²) in [5.41, 5.74) is -0.0722. The standard InChI is InChI=1S/C17H14ClF2NO5S2/c1-28(24,25)10-6-7-12(18)11(8-10)16(23)26-9-15(22)21-13-4-2-3-5-14(13)27-17(19)20/h2-8,17H,9H2,1H3,(H,21,22). The van der Waals surface area contributed by atoms with Gasteiger partial charge in [-0.05, 0) is 30.3 Å². The molecule has 0 aliphatic carbocycles. The Balaban J connectivity index is 2.05. The maximum Gasteiger partial charge on any atom is 0.340 e. The lowest BCUT2D eigenvalue weighted by Crippen LogP contribution is -2.21. The van der Waals surface area contributed by atoms with E-state index in [1.54, 1.807) is 6.07 Å². The minimum Gasteiger partial charge on any atom is -0.452 e. The molecule has 0 bridgehead atoms. The van der Waals surface area contributed by atoms with Crippen molar-refractivity contribution in [2.75, 3.05) is 18.2 Å². The van der Waals surface area contributed by atoms with E-state index in [9.17, 15) is 26.8 Å². The van der Waals surface area contributed by atoms with E-state index in [1.165, 1.54) is 30.3 Å². The van der Waals surface area contributed by atoms with Gasteiger partial charge in [0, 0.05) is 11.2 Å². The topological polar surface area (TPSA) is 89.5 Å². The fraction of sp³-hybridized carbons (Fsp3) is 0.176. The number of halogens is 3. The molecule has 0 saturated heterocycles. The fourth-order valence-electron chi connectivity index (χ4n) is 2.06. The Kier molecular flexibility index (Phi) is 7.39. The number of thioether (sulfide) groups is 1. The zero-order valence-corrected chi connectivity index (χ0v) is 16.7. The Labute approximate surface area is 169 Å². The predicted octanol–water partition coefficient (Wildman–Crippen LogP) is 3.85. The molecule has 2 rings (SSSR count). The third-order valence-corrected chi connectivity index (χ3v) is 5.53. The predicted molar refractivity (Wildman–Crippen MR) is 102 cm³/mol. The van der Waals surface area contributed by atoms with Gasteiger partial charge in [0.1, 0.15) is 0 Å². The number of hydrogen-bond donors (Lipinski definition) is 1. The Bertz CT molecular complexity index is 999. The van der Waals surface area contributed by atoms with E-state index in [1.807, 2.05) is 0 Å². The molecular weight excluding hydrogens is 436 g/mol. The second kappa shape index (κ2) is 9.35. The van der Waals surface area contributed by atoms with Crippen LogP contribution in [0.4, 0.5) is 14.5 Å². The number of sulfone groups is 1. The van der Waals surface area contributed by atoms with Gasteiger partial charge in [-0.2, -0.15) is 8.78 Å². The summed E-state index contributed by atoms with van der Waals surface area (Å²) in [4.78, 5) is 24.1. The van der Waals surface area contributed by atoms with E-state index in [-0.39, 0.29) is 37.8 Å². The first-order valence-corrected chi connectivity index (χ1v) is 10.7. The van der Waals surface area contributed by atoms with Crippen LogP contribution in [0.1, 0.15) is 10.4 Å². The average molecular weight is 450 g/mol. The van der Waals surface area contributed by atoms with Gasteiger partial charge in [0.15, 0.2) is 16.4 Å². The molecule has 6 nitrogen and oxygen atoms in total. The number of carbonyl (C=O) groups is 2. The summed E-state index contributed by atoms with van der Waals surface area (Å²) < 4.78 is 53.1. The largest absolute Gasteiger partial charge is 0.452 e. The first kappa shape index (κ1) is 22.1. The summed E-state index contributed by atoms with van der Waals surface area (Å²) in [6.45, 7) is -0.716. The van der Waals surface area contributed by atoms with E-state index in [2.05, 4.69) is 5.32 Å². The van der Waals surface area contributed by atoms with Gasteiger partial charge in [0.25, 0.3) is 11.7 Å². The first-order valence-electron chi connectivity index (χ1n) is 7.58. The summed E-state index contributed by atoms with van der Waals surface area (Å²) in [6.07, 6.45) is 0.966. The Morgan fingerprint density at radius 3 is 2.54 bits per heavy atom. The van der Waals surface area contributed by atoms with Crippen LogP contribution in [-0.4, -0.2) is 38.9 Å². The summed E-state index contributed by atoms with van der Waals surface area (Å²) in [5.74, 6) is -4.42. The molecule has 11 heteroatoms. The number of carbonyl (C=O) groups excluding carboxylic acids is 2. The van der Waals surface area contributed by atoms with Gasteiger partial charge in [-0.1, -0.05) is 35.5 Å². The smallest absolute Gasteiger partial charge is 0.340 e. The van der Waals surface area contributed by atoms with Gasteiger partial charge in [-0.15, -0.1) is 0 Å². The van der Waals surface area contributed by atoms with Crippen molar-refractivity contribution in [1.29, 1.82) is 0 Å². The lowest BCUT2D eigenvalue weighted by molar-refractivity contribution is -0.119. The molecule has 0 spiro atoms. The highest BCUT2D eigenvalue weighted by Crippen LogP contribution is 2.31. The molecule has 1 N–H and O–H groups in total. The monoisotopic (exact) mass is 449 g/mol. The molecule has 0 saturated carbocycles. The number of ether oxygens (including phenoxy) is 1. The quantitative estimate of drug-likeness (QED) is 0.510. The third kappa shape index (κ3) is 6.18. The third-order valence-electron chi connectivity index (χ3n) is 3.30. The molecular formula is C17H14ClF2NO5S2. The summed E-state index contributed by atoms with van der Waals surface area (Å²) in [7, 11) is -3.57. The molecule has 150 valence electrons. The first-order chi connectivity index (χ1) is 13.1. The minimum absolute atomic E-state index is 0.0449. The molecule has 0 fully saturated rings. The van der Waals surface area contributed by atoms with Gasteiger partial charge >= 0.3 is 5.97 Å². The van der Waals surface area contributed by atoms with Crippen LogP contribution < -0.4 is 5.32 Å². The molecule has 0 unspecified atom stereocenters. The van der Waals surface area contributed by atoms with Crippen LogP contribution in [-0.2, 0) is 19.4 Å². The van der Waals surface area contributed by atoms with E-state index in [0.29, 0.717) is 0 Å². The Morgan fingerprint density at radius 2 is 1.89 bits per heavy atom. The SMILES string of the molecule is CS(=O)(=O)c1ccc(Cl)c(C(=O)OCC(=O)Nc2ccccc2SC(F)F)c1. The molecule has 0 radical (unpaired) electrons. The number of nitrogens with one attached hydrogen (secondary N) is 1. The minimum atomic E-state index is -3.57. The lowest BCUT2D eigenvalue weighted by atomic mass is 10.2. The zero-order valence-electron chi connectivity index (χ0n) is 14.3. The maximum atomic E-state index is 12.6. The van der Waals surface area contributed by atoms with E-state index in [4.69, 9.17) is 16.3 Å². The van der Waals surface area contributed by atoms with Gasteiger partial charge in [0.05, 0.1) is 21.2 Å². The van der Waals surface area contributed by atoms with E-state index < -0.39 is 34.1 Å². The number of hydrogen-bond acceptors (Lipinski definition) is 6. The molecule has 0 heterocycles. The highest BCUT2D eigenvalue weighted by atomic mass is 35.5. The molecule has 2 aromatic rings. The zero-order chi connectivity index (χ0) is 20.9. The van der Waals surface area contributed by atoms with Crippen LogP contribution in [0, 0.1) is 0 Å². The number of para-hydroxylation sites is 1. The number of alkyl halides is 2. The van der Waals surface area contributed by atoms with Crippen LogP contribution in [0.3, 0.4) is 0 Å². The molecule has 28 heavy (non-hydrogen) atoms. The summed E-state index contributed by atoms with van der Waals surface area (Å²) in [5, 5.41) is 2.33. The molecule has 0 aliphatic heterocycles. The van der Waals surface area contributed by atoms with Crippen LogP contribution in [0.2, 0.25) is 5.02 Å². The van der Waals surface area contributed by atoms with Crippen molar-refractivity contribution in [3.05, 3.63) is 53.1 Å². The second-order valence-corrected chi connectivity index (χ2v) is 8.87. The van der Waals surface area contributed by atoms with Gasteiger partial charge in [-0.25, -0.2) is 13.2 Å². The number of rotatable bonds is 7. The highest BCUT2D eigenvalue weighted by Gasteiger charge is 2.18. The van der Waals surface area contributed by atoms with Crippen LogP contribution >= 0.6 is 23.4 Å². The fourth-order valence-corrected chi connectivity index (χ4v) is 3.49. The van der Waals surface area contributed by atoms with Crippen molar-refractivity contribution in [2.45, 2.75) is 15.5 Å². The molecule has 0 atom stereocenters. The highest BCUT2D eigenvalue weighted by molar-refractivity contribution is 7.99. The molecule has 0 aliphatic rings. The van der Waals surface area contributed by atoms with Gasteiger partial charge in [0.2, 0.25) is 0 Å². The normalized spacial score (nSPS) is 11.3. The van der Waals surface area contributed by atoms with Crippen molar-refractivity contribution >= 4 is 50.8 Å². The van der Waals surface area contributed by atoms with Crippen LogP contribution in [0.15, 0.2) is 52.3 Å². The van der Waals surface area contributed by atoms with Crippen molar-refractivity contribution in [1.82, 2.24) is 0 Å². The number of benzene rings is 2. The average Bonchev–Trinajstić information content (AvgIpc) is 2.60. The van der Waals surface area contributed by atoms with Gasteiger partial charge < -0.3 is 10.1 Å². The maximum absolute atomic E-state index is 12.6. The van der Waals surface area contributed by atoms with Crippen LogP contribution in [0.5, 0.6) is 0 Å². The molecule has 2 aromatic carbocycles. The molecule has 0 aromatic heterocycles. The van der Waals surface area contributed by atoms with Crippen molar-refractivity contribution in [3.8, 4) is 0 Å². The number of anilines is 1.